The molecule has 3 rings (SSSR count). The van der Waals surface area contributed by atoms with E-state index in [4.69, 9.17) is 19.2 Å². The first-order chi connectivity index (χ1) is 15.6. The van der Waals surface area contributed by atoms with Gasteiger partial charge < -0.3 is 30.2 Å². The molecule has 1 heterocycles. The lowest BCUT2D eigenvalue weighted by atomic mass is 9.91. The summed E-state index contributed by atoms with van der Waals surface area (Å²) in [6.45, 7) is 3.92. The molecular weight excluding hydrogens is 408 g/mol. The normalized spacial score (nSPS) is 15.4. The van der Waals surface area contributed by atoms with Crippen molar-refractivity contribution in [1.29, 1.82) is 0 Å². The van der Waals surface area contributed by atoms with Crippen LogP contribution in [0.1, 0.15) is 30.4 Å². The number of aliphatic imine (C=N–C) groups is 1. The Kier molecular flexibility index (Phi) is 8.19. The molecule has 0 saturated carbocycles. The van der Waals surface area contributed by atoms with Gasteiger partial charge in [-0.3, -0.25) is 9.79 Å². The minimum Gasteiger partial charge on any atom is -0.496 e. The third-order valence-electron chi connectivity index (χ3n) is 5.41. The number of anilines is 1. The number of carbonyl (C=O) groups excluding carboxylic acids is 1. The number of carbonyl (C=O) groups is 1. The molecule has 0 radical (unpaired) electrons. The summed E-state index contributed by atoms with van der Waals surface area (Å²) in [6.07, 6.45) is 1.11. The molecule has 0 fully saturated rings. The predicted molar refractivity (Wildman–Crippen MR) is 126 cm³/mol. The van der Waals surface area contributed by atoms with Gasteiger partial charge in [-0.05, 0) is 25.0 Å². The zero-order valence-corrected chi connectivity index (χ0v) is 19.2. The topological polar surface area (TPSA) is 93.2 Å². The van der Waals surface area contributed by atoms with Crippen LogP contribution >= 0.6 is 0 Å². The van der Waals surface area contributed by atoms with Crippen molar-refractivity contribution in [3.63, 3.8) is 0 Å². The highest BCUT2D eigenvalue weighted by atomic mass is 16.5. The van der Waals surface area contributed by atoms with E-state index in [1.807, 2.05) is 37.3 Å². The Morgan fingerprint density at radius 3 is 2.47 bits per heavy atom. The van der Waals surface area contributed by atoms with Crippen molar-refractivity contribution in [2.24, 2.45) is 4.99 Å². The average molecular weight is 441 g/mol. The van der Waals surface area contributed by atoms with Crippen molar-refractivity contribution < 1.29 is 19.0 Å². The number of fused-ring (bicyclic) bond motifs is 1. The molecule has 0 aliphatic carbocycles. The van der Waals surface area contributed by atoms with Crippen LogP contribution in [0.15, 0.2) is 41.4 Å². The molecule has 0 saturated heterocycles. The first-order valence-corrected chi connectivity index (χ1v) is 10.8. The highest BCUT2D eigenvalue weighted by Gasteiger charge is 2.24. The van der Waals surface area contributed by atoms with E-state index in [1.54, 1.807) is 21.3 Å². The number of para-hydroxylation sites is 1. The summed E-state index contributed by atoms with van der Waals surface area (Å²) in [6, 6.07) is 11.6. The van der Waals surface area contributed by atoms with E-state index in [0.717, 1.165) is 34.9 Å². The Morgan fingerprint density at radius 2 is 1.81 bits per heavy atom. The Balaban J connectivity index is 1.68. The first kappa shape index (κ1) is 23.2. The second kappa shape index (κ2) is 11.3. The van der Waals surface area contributed by atoms with Crippen molar-refractivity contribution >= 4 is 17.6 Å². The van der Waals surface area contributed by atoms with Crippen LogP contribution in [-0.2, 0) is 11.2 Å². The van der Waals surface area contributed by atoms with E-state index in [9.17, 15) is 4.79 Å². The molecule has 0 aromatic heterocycles. The summed E-state index contributed by atoms with van der Waals surface area (Å²) in [7, 11) is 4.88. The van der Waals surface area contributed by atoms with Gasteiger partial charge in [-0.15, -0.1) is 0 Å². The van der Waals surface area contributed by atoms with Crippen LogP contribution < -0.4 is 30.2 Å². The molecule has 1 unspecified atom stereocenters. The number of nitrogens with zero attached hydrogens (tertiary/aromatic N) is 1. The van der Waals surface area contributed by atoms with Gasteiger partial charge >= 0.3 is 0 Å². The molecule has 3 N–H and O–H groups in total. The van der Waals surface area contributed by atoms with Gasteiger partial charge in [-0.2, -0.15) is 0 Å². The van der Waals surface area contributed by atoms with Crippen LogP contribution in [-0.4, -0.2) is 52.8 Å². The molecule has 32 heavy (non-hydrogen) atoms. The lowest BCUT2D eigenvalue weighted by molar-refractivity contribution is -0.116. The van der Waals surface area contributed by atoms with Crippen LogP contribution in [0.3, 0.4) is 0 Å². The summed E-state index contributed by atoms with van der Waals surface area (Å²) in [4.78, 5) is 16.8. The van der Waals surface area contributed by atoms with Crippen molar-refractivity contribution in [2.45, 2.75) is 25.7 Å². The van der Waals surface area contributed by atoms with E-state index in [1.165, 1.54) is 0 Å². The highest BCUT2D eigenvalue weighted by molar-refractivity contribution is 5.94. The van der Waals surface area contributed by atoms with Gasteiger partial charge in [0.05, 0.1) is 27.9 Å². The Labute approximate surface area is 189 Å². The maximum atomic E-state index is 12.1. The fourth-order valence-corrected chi connectivity index (χ4v) is 3.84. The third kappa shape index (κ3) is 5.63. The number of ether oxygens (including phenoxy) is 3. The molecular formula is C24H32N4O4. The number of benzene rings is 2. The van der Waals surface area contributed by atoms with E-state index in [2.05, 4.69) is 22.0 Å². The van der Waals surface area contributed by atoms with Crippen LogP contribution in [0.5, 0.6) is 17.2 Å². The largest absolute Gasteiger partial charge is 0.496 e. The Bertz CT molecular complexity index is 936. The Morgan fingerprint density at radius 1 is 1.09 bits per heavy atom. The summed E-state index contributed by atoms with van der Waals surface area (Å²) in [5.74, 6) is 2.91. The fraction of sp³-hybridized carbons (Fsp3) is 0.417. The molecule has 1 aliphatic heterocycles. The van der Waals surface area contributed by atoms with Crippen molar-refractivity contribution in [3.8, 4) is 17.2 Å². The second-order valence-corrected chi connectivity index (χ2v) is 7.44. The SMILES string of the molecule is CCNC(=NCC1CC(=O)Nc2ccccc21)NCCc1c(OC)cc(OC)cc1OC. The van der Waals surface area contributed by atoms with Crippen molar-refractivity contribution in [2.75, 3.05) is 46.3 Å². The zero-order chi connectivity index (χ0) is 22.9. The molecule has 0 bridgehead atoms. The maximum Gasteiger partial charge on any atom is 0.225 e. The standard InChI is InChI=1S/C24H32N4O4/c1-5-25-24(27-15-16-12-23(29)28-20-9-7-6-8-18(16)20)26-11-10-19-21(31-3)13-17(30-2)14-22(19)32-4/h6-9,13-14,16H,5,10-12,15H2,1-4H3,(H,28,29)(H2,25,26,27). The van der Waals surface area contributed by atoms with Crippen molar-refractivity contribution in [1.82, 2.24) is 10.6 Å². The molecule has 172 valence electrons. The van der Waals surface area contributed by atoms with Gasteiger partial charge in [0.25, 0.3) is 0 Å². The number of hydrogen-bond acceptors (Lipinski definition) is 5. The number of amides is 1. The predicted octanol–water partition coefficient (Wildman–Crippen LogP) is 2.94. The molecule has 2 aromatic rings. The molecule has 1 aliphatic rings. The summed E-state index contributed by atoms with van der Waals surface area (Å²) >= 11 is 0. The van der Waals surface area contributed by atoms with Gasteiger partial charge in [0.1, 0.15) is 17.2 Å². The van der Waals surface area contributed by atoms with Crippen LogP contribution in [0, 0.1) is 0 Å². The molecule has 8 nitrogen and oxygen atoms in total. The number of rotatable bonds is 9. The summed E-state index contributed by atoms with van der Waals surface area (Å²) in [5.41, 5.74) is 2.96. The van der Waals surface area contributed by atoms with Gasteiger partial charge in [0.15, 0.2) is 5.96 Å². The Hall–Kier alpha value is -3.42. The lowest BCUT2D eigenvalue weighted by Gasteiger charge is -2.24. The van der Waals surface area contributed by atoms with Gasteiger partial charge in [0.2, 0.25) is 5.91 Å². The van der Waals surface area contributed by atoms with Crippen molar-refractivity contribution in [3.05, 3.63) is 47.5 Å². The summed E-state index contributed by atoms with van der Waals surface area (Å²) in [5, 5.41) is 9.58. The smallest absolute Gasteiger partial charge is 0.225 e. The number of guanidine groups is 1. The summed E-state index contributed by atoms with van der Waals surface area (Å²) < 4.78 is 16.4. The molecule has 0 spiro atoms. The lowest BCUT2D eigenvalue weighted by Crippen LogP contribution is -2.39. The fourth-order valence-electron chi connectivity index (χ4n) is 3.84. The quantitative estimate of drug-likeness (QED) is 0.410. The minimum atomic E-state index is 0.0283. The second-order valence-electron chi connectivity index (χ2n) is 7.44. The monoisotopic (exact) mass is 440 g/mol. The number of methoxy groups -OCH3 is 3. The van der Waals surface area contributed by atoms with Gasteiger partial charge in [-0.25, -0.2) is 0 Å². The number of hydrogen-bond donors (Lipinski definition) is 3. The zero-order valence-electron chi connectivity index (χ0n) is 19.2. The molecule has 1 atom stereocenters. The van der Waals surface area contributed by atoms with E-state index in [0.29, 0.717) is 37.6 Å². The van der Waals surface area contributed by atoms with Crippen LogP contribution in [0.4, 0.5) is 5.69 Å². The minimum absolute atomic E-state index is 0.0283. The van der Waals surface area contributed by atoms with E-state index >= 15 is 0 Å². The molecule has 2 aromatic carbocycles. The first-order valence-electron chi connectivity index (χ1n) is 10.8. The van der Waals surface area contributed by atoms with E-state index in [-0.39, 0.29) is 11.8 Å². The van der Waals surface area contributed by atoms with E-state index < -0.39 is 0 Å². The van der Waals surface area contributed by atoms with Crippen LogP contribution in [0.2, 0.25) is 0 Å². The highest BCUT2D eigenvalue weighted by Crippen LogP contribution is 2.34. The third-order valence-corrected chi connectivity index (χ3v) is 5.41. The van der Waals surface area contributed by atoms with Crippen LogP contribution in [0.25, 0.3) is 0 Å². The van der Waals surface area contributed by atoms with Gasteiger partial charge in [-0.1, -0.05) is 18.2 Å². The maximum absolute atomic E-state index is 12.1. The average Bonchev–Trinajstić information content (AvgIpc) is 2.81. The molecule has 8 heteroatoms. The molecule has 1 amide bonds. The number of nitrogens with one attached hydrogen (secondary N) is 3. The van der Waals surface area contributed by atoms with Gasteiger partial charge in [0, 0.05) is 48.8 Å².